The van der Waals surface area contributed by atoms with Gasteiger partial charge < -0.3 is 14.8 Å². The molecule has 1 aliphatic rings. The number of hydrazine groups is 1. The highest BCUT2D eigenvalue weighted by Gasteiger charge is 2.36. The standard InChI is InChI=1S/C23H32BN3O7/c1-7-20(23(3,4)5)26(25-21(28)18-9-8-10-19(34-6)14(18)2)22(29)15-11-16(24(30)31)13-17(12-15)27(32)33/h9,11-13,20,30-31H,7-8,10H2,1-6H3,(H,25,28). The Morgan fingerprint density at radius 2 is 1.94 bits per heavy atom. The van der Waals surface area contributed by atoms with Gasteiger partial charge in [0.25, 0.3) is 17.5 Å². The summed E-state index contributed by atoms with van der Waals surface area (Å²) in [7, 11) is -0.468. The van der Waals surface area contributed by atoms with Gasteiger partial charge in [0.05, 0.1) is 23.8 Å². The number of nitro benzene ring substituents is 1. The first-order chi connectivity index (χ1) is 15.8. The van der Waals surface area contributed by atoms with Gasteiger partial charge in [0.2, 0.25) is 0 Å². The number of nitrogens with one attached hydrogen (secondary N) is 1. The van der Waals surface area contributed by atoms with Gasteiger partial charge in [0.15, 0.2) is 0 Å². The summed E-state index contributed by atoms with van der Waals surface area (Å²) in [5.74, 6) is -0.518. The van der Waals surface area contributed by atoms with Crippen LogP contribution in [0.25, 0.3) is 0 Å². The van der Waals surface area contributed by atoms with E-state index in [0.717, 1.165) is 12.1 Å². The van der Waals surface area contributed by atoms with Crippen molar-refractivity contribution in [3.63, 3.8) is 0 Å². The van der Waals surface area contributed by atoms with Gasteiger partial charge in [-0.15, -0.1) is 0 Å². The third-order valence-corrected chi connectivity index (χ3v) is 5.87. The van der Waals surface area contributed by atoms with E-state index in [1.807, 2.05) is 27.7 Å². The van der Waals surface area contributed by atoms with Crippen LogP contribution in [0.3, 0.4) is 0 Å². The summed E-state index contributed by atoms with van der Waals surface area (Å²) in [6.45, 7) is 9.38. The molecular formula is C23H32BN3O7. The number of hydrogen-bond donors (Lipinski definition) is 3. The Morgan fingerprint density at radius 1 is 1.29 bits per heavy atom. The normalized spacial score (nSPS) is 14.8. The van der Waals surface area contributed by atoms with Gasteiger partial charge in [-0.2, -0.15) is 0 Å². The summed E-state index contributed by atoms with van der Waals surface area (Å²) in [5, 5.41) is 31.7. The van der Waals surface area contributed by atoms with Crippen molar-refractivity contribution in [3.05, 3.63) is 56.9 Å². The average molecular weight is 473 g/mol. The minimum Gasteiger partial charge on any atom is -0.501 e. The molecule has 10 nitrogen and oxygen atoms in total. The molecule has 2 rings (SSSR count). The molecule has 0 saturated carbocycles. The molecule has 0 bridgehead atoms. The van der Waals surface area contributed by atoms with Crippen LogP contribution in [-0.4, -0.2) is 52.1 Å². The molecule has 184 valence electrons. The van der Waals surface area contributed by atoms with Gasteiger partial charge in [-0.1, -0.05) is 33.8 Å². The van der Waals surface area contributed by atoms with E-state index < -0.39 is 41.0 Å². The van der Waals surface area contributed by atoms with Crippen molar-refractivity contribution < 1.29 is 29.3 Å². The van der Waals surface area contributed by atoms with E-state index in [2.05, 4.69) is 5.43 Å². The number of ether oxygens (including phenoxy) is 1. The maximum atomic E-state index is 13.6. The molecule has 3 N–H and O–H groups in total. The monoisotopic (exact) mass is 473 g/mol. The zero-order valence-corrected chi connectivity index (χ0v) is 20.4. The molecular weight excluding hydrogens is 441 g/mol. The number of benzene rings is 1. The Kier molecular flexibility index (Phi) is 8.63. The lowest BCUT2D eigenvalue weighted by atomic mass is 9.79. The Hall–Kier alpha value is -3.18. The van der Waals surface area contributed by atoms with Crippen LogP contribution in [0.15, 0.2) is 41.2 Å². The zero-order chi connectivity index (χ0) is 25.8. The Labute approximate surface area is 199 Å². The van der Waals surface area contributed by atoms with E-state index in [4.69, 9.17) is 4.74 Å². The van der Waals surface area contributed by atoms with E-state index in [1.165, 1.54) is 18.2 Å². The fraction of sp³-hybridized carbons (Fsp3) is 0.478. The highest BCUT2D eigenvalue weighted by atomic mass is 16.6. The molecule has 1 aliphatic carbocycles. The number of nitrogens with zero attached hydrogens (tertiary/aromatic N) is 2. The number of carbonyl (C=O) groups is 2. The molecule has 0 spiro atoms. The van der Waals surface area contributed by atoms with E-state index in [-0.39, 0.29) is 11.0 Å². The van der Waals surface area contributed by atoms with Crippen LogP contribution >= 0.6 is 0 Å². The minimum atomic E-state index is -2.01. The van der Waals surface area contributed by atoms with Crippen LogP contribution in [0.2, 0.25) is 0 Å². The first-order valence-corrected chi connectivity index (χ1v) is 11.1. The summed E-state index contributed by atoms with van der Waals surface area (Å²) in [6, 6.07) is 2.74. The number of nitro groups is 1. The van der Waals surface area contributed by atoms with Gasteiger partial charge in [-0.05, 0) is 42.3 Å². The second-order valence-corrected chi connectivity index (χ2v) is 9.26. The van der Waals surface area contributed by atoms with Crippen molar-refractivity contribution in [1.82, 2.24) is 10.4 Å². The van der Waals surface area contributed by atoms with E-state index >= 15 is 0 Å². The molecule has 1 atom stereocenters. The van der Waals surface area contributed by atoms with Gasteiger partial charge in [0, 0.05) is 29.7 Å². The van der Waals surface area contributed by atoms with Gasteiger partial charge >= 0.3 is 7.12 Å². The maximum Gasteiger partial charge on any atom is 0.488 e. The summed E-state index contributed by atoms with van der Waals surface area (Å²) in [5.41, 5.74) is 2.48. The minimum absolute atomic E-state index is 0.150. The number of rotatable bonds is 7. The summed E-state index contributed by atoms with van der Waals surface area (Å²) >= 11 is 0. The van der Waals surface area contributed by atoms with Crippen molar-refractivity contribution >= 4 is 30.1 Å². The molecule has 34 heavy (non-hydrogen) atoms. The van der Waals surface area contributed by atoms with Crippen LogP contribution in [0.5, 0.6) is 0 Å². The molecule has 0 aromatic heterocycles. The Balaban J connectivity index is 2.55. The second kappa shape index (κ2) is 10.8. The van der Waals surface area contributed by atoms with Crippen LogP contribution < -0.4 is 10.9 Å². The van der Waals surface area contributed by atoms with Crippen molar-refractivity contribution in [3.8, 4) is 0 Å². The molecule has 0 radical (unpaired) electrons. The smallest absolute Gasteiger partial charge is 0.488 e. The van der Waals surface area contributed by atoms with Crippen molar-refractivity contribution in [2.24, 2.45) is 5.41 Å². The fourth-order valence-corrected chi connectivity index (χ4v) is 4.13. The highest BCUT2D eigenvalue weighted by Crippen LogP contribution is 2.29. The summed E-state index contributed by atoms with van der Waals surface area (Å²) in [6.07, 6.45) is 3.54. The molecule has 1 aromatic carbocycles. The number of methoxy groups -OCH3 is 1. The van der Waals surface area contributed by atoms with Crippen molar-refractivity contribution in [2.75, 3.05) is 7.11 Å². The third-order valence-electron chi connectivity index (χ3n) is 5.87. The maximum absolute atomic E-state index is 13.6. The second-order valence-electron chi connectivity index (χ2n) is 9.26. The number of carbonyl (C=O) groups excluding carboxylic acids is 2. The number of non-ortho nitro benzene ring substituents is 1. The average Bonchev–Trinajstić information content (AvgIpc) is 2.77. The molecule has 1 aromatic rings. The summed E-state index contributed by atoms with van der Waals surface area (Å²) < 4.78 is 5.37. The van der Waals surface area contributed by atoms with E-state index in [1.54, 1.807) is 13.0 Å². The SMILES string of the molecule is CCC(N(NC(=O)C1=CCCC(OC)=C1C)C(=O)c1cc(B(O)O)cc([N+](=O)[O-])c1)C(C)(C)C. The number of hydrogen-bond acceptors (Lipinski definition) is 7. The molecule has 1 unspecified atom stereocenters. The molecule has 11 heteroatoms. The van der Waals surface area contributed by atoms with Crippen LogP contribution in [0.4, 0.5) is 5.69 Å². The fourth-order valence-electron chi connectivity index (χ4n) is 4.13. The molecule has 0 saturated heterocycles. The van der Waals surface area contributed by atoms with Crippen LogP contribution in [-0.2, 0) is 9.53 Å². The zero-order valence-electron chi connectivity index (χ0n) is 20.4. The lowest BCUT2D eigenvalue weighted by Crippen LogP contribution is -2.56. The summed E-state index contributed by atoms with van der Waals surface area (Å²) in [4.78, 5) is 37.5. The quantitative estimate of drug-likeness (QED) is 0.313. The molecule has 0 aliphatic heterocycles. The lowest BCUT2D eigenvalue weighted by Gasteiger charge is -2.39. The van der Waals surface area contributed by atoms with E-state index in [0.29, 0.717) is 36.2 Å². The Bertz CT molecular complexity index is 1030. The van der Waals surface area contributed by atoms with Gasteiger partial charge in [-0.3, -0.25) is 25.1 Å². The molecule has 0 fully saturated rings. The predicted molar refractivity (Wildman–Crippen MR) is 128 cm³/mol. The topological polar surface area (TPSA) is 142 Å². The van der Waals surface area contributed by atoms with Gasteiger partial charge in [0.1, 0.15) is 0 Å². The third kappa shape index (κ3) is 6.03. The number of amides is 2. The van der Waals surface area contributed by atoms with Gasteiger partial charge in [-0.25, -0.2) is 5.01 Å². The van der Waals surface area contributed by atoms with Crippen LogP contribution in [0, 0.1) is 15.5 Å². The molecule has 2 amide bonds. The lowest BCUT2D eigenvalue weighted by molar-refractivity contribution is -0.384. The van der Waals surface area contributed by atoms with Crippen LogP contribution in [0.1, 0.15) is 64.2 Å². The first kappa shape index (κ1) is 27.1. The predicted octanol–water partition coefficient (Wildman–Crippen LogP) is 2.21. The Morgan fingerprint density at radius 3 is 2.44 bits per heavy atom. The van der Waals surface area contributed by atoms with E-state index in [9.17, 15) is 29.8 Å². The molecule has 0 heterocycles. The largest absolute Gasteiger partial charge is 0.501 e. The number of allylic oxidation sites excluding steroid dienone is 2. The van der Waals surface area contributed by atoms with Crippen molar-refractivity contribution in [2.45, 2.75) is 59.9 Å². The van der Waals surface area contributed by atoms with Crippen molar-refractivity contribution in [1.29, 1.82) is 0 Å². The highest BCUT2D eigenvalue weighted by molar-refractivity contribution is 6.58. The first-order valence-electron chi connectivity index (χ1n) is 11.1.